The van der Waals surface area contributed by atoms with E-state index >= 15 is 0 Å². The monoisotopic (exact) mass is 424 g/mol. The molecular formula is C22H24N4O3S. The van der Waals surface area contributed by atoms with Crippen LogP contribution in [-0.4, -0.2) is 41.5 Å². The minimum atomic E-state index is -3.47. The summed E-state index contributed by atoms with van der Waals surface area (Å²) in [6, 6.07) is 14.1. The zero-order valence-corrected chi connectivity index (χ0v) is 17.8. The number of rotatable bonds is 5. The maximum absolute atomic E-state index is 12.8. The molecular weight excluding hydrogens is 400 g/mol. The van der Waals surface area contributed by atoms with Gasteiger partial charge >= 0.3 is 0 Å². The highest BCUT2D eigenvalue weighted by molar-refractivity contribution is 7.89. The van der Waals surface area contributed by atoms with E-state index in [4.69, 9.17) is 0 Å². The van der Waals surface area contributed by atoms with Gasteiger partial charge in [0.25, 0.3) is 5.91 Å². The molecule has 1 aliphatic rings. The summed E-state index contributed by atoms with van der Waals surface area (Å²) in [5.74, 6) is -0.289. The van der Waals surface area contributed by atoms with E-state index in [9.17, 15) is 13.2 Å². The molecule has 0 atom stereocenters. The standard InChI is InChI=1S/C22H24N4O3S/c1-16-7-3-4-8-21(16)26-17(2)20(15-23-26)22(27)24-18-9-11-19(12-10-18)30(28,29)25-13-5-6-14-25/h3-4,7-12,15H,5-6,13-14H2,1-2H3,(H,24,27). The Labute approximate surface area is 176 Å². The van der Waals surface area contributed by atoms with Crippen molar-refractivity contribution in [3.05, 3.63) is 71.5 Å². The number of sulfonamides is 1. The molecule has 0 saturated carbocycles. The number of nitrogens with one attached hydrogen (secondary N) is 1. The van der Waals surface area contributed by atoms with E-state index in [0.717, 1.165) is 29.8 Å². The van der Waals surface area contributed by atoms with Crippen LogP contribution in [0.3, 0.4) is 0 Å². The summed E-state index contributed by atoms with van der Waals surface area (Å²) in [6.45, 7) is 4.96. The van der Waals surface area contributed by atoms with Gasteiger partial charge in [0.2, 0.25) is 10.0 Å². The molecule has 1 aliphatic heterocycles. The third-order valence-electron chi connectivity index (χ3n) is 5.41. The lowest BCUT2D eigenvalue weighted by Crippen LogP contribution is -2.27. The van der Waals surface area contributed by atoms with E-state index in [1.165, 1.54) is 16.4 Å². The van der Waals surface area contributed by atoms with Crippen molar-refractivity contribution in [2.45, 2.75) is 31.6 Å². The van der Waals surface area contributed by atoms with E-state index in [2.05, 4.69) is 10.4 Å². The van der Waals surface area contributed by atoms with Crippen molar-refractivity contribution in [1.29, 1.82) is 0 Å². The van der Waals surface area contributed by atoms with E-state index < -0.39 is 10.0 Å². The van der Waals surface area contributed by atoms with Crippen molar-refractivity contribution in [2.24, 2.45) is 0 Å². The van der Waals surface area contributed by atoms with Crippen molar-refractivity contribution < 1.29 is 13.2 Å². The Morgan fingerprint density at radius 3 is 2.33 bits per heavy atom. The molecule has 2 heterocycles. The van der Waals surface area contributed by atoms with Gasteiger partial charge in [-0.15, -0.1) is 0 Å². The molecule has 3 aromatic rings. The number of nitrogens with zero attached hydrogens (tertiary/aromatic N) is 3. The third kappa shape index (κ3) is 3.76. The van der Waals surface area contributed by atoms with Crippen LogP contribution in [0.15, 0.2) is 59.6 Å². The Morgan fingerprint density at radius 2 is 1.67 bits per heavy atom. The van der Waals surface area contributed by atoms with Gasteiger partial charge in [-0.1, -0.05) is 18.2 Å². The second-order valence-corrected chi connectivity index (χ2v) is 9.37. The van der Waals surface area contributed by atoms with Gasteiger partial charge in [-0.05, 0) is 62.6 Å². The molecule has 2 aromatic carbocycles. The quantitative estimate of drug-likeness (QED) is 0.679. The zero-order chi connectivity index (χ0) is 21.3. The van der Waals surface area contributed by atoms with Crippen LogP contribution >= 0.6 is 0 Å². The van der Waals surface area contributed by atoms with Crippen molar-refractivity contribution in [1.82, 2.24) is 14.1 Å². The van der Waals surface area contributed by atoms with Crippen molar-refractivity contribution in [3.8, 4) is 5.69 Å². The summed E-state index contributed by atoms with van der Waals surface area (Å²) >= 11 is 0. The molecule has 0 aliphatic carbocycles. The fourth-order valence-electron chi connectivity index (χ4n) is 3.66. The number of aromatic nitrogens is 2. The average molecular weight is 425 g/mol. The van der Waals surface area contributed by atoms with Crippen molar-refractivity contribution >= 4 is 21.6 Å². The second-order valence-electron chi connectivity index (χ2n) is 7.43. The van der Waals surface area contributed by atoms with Gasteiger partial charge in [-0.2, -0.15) is 9.40 Å². The van der Waals surface area contributed by atoms with Crippen molar-refractivity contribution in [2.75, 3.05) is 18.4 Å². The Kier molecular flexibility index (Phi) is 5.44. The molecule has 8 heteroatoms. The maximum Gasteiger partial charge on any atom is 0.259 e. The Balaban J connectivity index is 1.52. The van der Waals surface area contributed by atoms with E-state index in [0.29, 0.717) is 24.3 Å². The Hall–Kier alpha value is -2.97. The summed E-state index contributed by atoms with van der Waals surface area (Å²) in [7, 11) is -3.47. The molecule has 4 rings (SSSR count). The van der Waals surface area contributed by atoms with Gasteiger partial charge < -0.3 is 5.32 Å². The normalized spacial score (nSPS) is 14.7. The van der Waals surface area contributed by atoms with Crippen LogP contribution in [0, 0.1) is 13.8 Å². The molecule has 156 valence electrons. The first-order chi connectivity index (χ1) is 14.4. The summed E-state index contributed by atoms with van der Waals surface area (Å²) in [6.07, 6.45) is 3.33. The van der Waals surface area contributed by atoms with E-state index in [1.54, 1.807) is 23.0 Å². The first kappa shape index (κ1) is 20.3. The van der Waals surface area contributed by atoms with Crippen LogP contribution in [0.1, 0.15) is 34.5 Å². The second kappa shape index (κ2) is 8.04. The largest absolute Gasteiger partial charge is 0.322 e. The summed E-state index contributed by atoms with van der Waals surface area (Å²) in [5, 5.41) is 7.20. The number of amides is 1. The Bertz CT molecular complexity index is 1180. The summed E-state index contributed by atoms with van der Waals surface area (Å²) in [4.78, 5) is 13.0. The molecule has 30 heavy (non-hydrogen) atoms. The highest BCUT2D eigenvalue weighted by Crippen LogP contribution is 2.23. The molecule has 1 aromatic heterocycles. The molecule has 1 N–H and O–H groups in total. The van der Waals surface area contributed by atoms with Gasteiger partial charge in [0, 0.05) is 18.8 Å². The number of benzene rings is 2. The zero-order valence-electron chi connectivity index (χ0n) is 17.0. The van der Waals surface area contributed by atoms with E-state index in [1.807, 2.05) is 38.1 Å². The maximum atomic E-state index is 12.8. The highest BCUT2D eigenvalue weighted by atomic mass is 32.2. The summed E-state index contributed by atoms with van der Waals surface area (Å²) < 4.78 is 28.5. The minimum absolute atomic E-state index is 0.242. The van der Waals surface area contributed by atoms with Gasteiger partial charge in [-0.3, -0.25) is 4.79 Å². The van der Waals surface area contributed by atoms with Crippen LogP contribution in [0.25, 0.3) is 5.69 Å². The molecule has 1 amide bonds. The van der Waals surface area contributed by atoms with Crippen molar-refractivity contribution in [3.63, 3.8) is 0 Å². The fourth-order valence-corrected chi connectivity index (χ4v) is 5.18. The number of anilines is 1. The number of hydrogen-bond acceptors (Lipinski definition) is 4. The molecule has 0 radical (unpaired) electrons. The number of hydrogen-bond donors (Lipinski definition) is 1. The van der Waals surface area contributed by atoms with Crippen LogP contribution in [0.4, 0.5) is 5.69 Å². The van der Waals surface area contributed by atoms with Crippen LogP contribution in [0.2, 0.25) is 0 Å². The molecule has 0 bridgehead atoms. The molecule has 0 unspecified atom stereocenters. The lowest BCUT2D eigenvalue weighted by atomic mass is 10.2. The van der Waals surface area contributed by atoms with Gasteiger partial charge in [0.05, 0.1) is 28.0 Å². The number of carbonyl (C=O) groups excluding carboxylic acids is 1. The lowest BCUT2D eigenvalue weighted by molar-refractivity contribution is 0.102. The predicted octanol–water partition coefficient (Wildman–Crippen LogP) is 3.53. The minimum Gasteiger partial charge on any atom is -0.322 e. The number of para-hydroxylation sites is 1. The van der Waals surface area contributed by atoms with Gasteiger partial charge in [0.15, 0.2) is 0 Å². The molecule has 1 saturated heterocycles. The van der Waals surface area contributed by atoms with Crippen LogP contribution in [0.5, 0.6) is 0 Å². The SMILES string of the molecule is Cc1ccccc1-n1ncc(C(=O)Nc2ccc(S(=O)(=O)N3CCCC3)cc2)c1C. The third-order valence-corrected chi connectivity index (χ3v) is 7.33. The molecule has 7 nitrogen and oxygen atoms in total. The fraction of sp³-hybridized carbons (Fsp3) is 0.273. The van der Waals surface area contributed by atoms with Crippen LogP contribution in [-0.2, 0) is 10.0 Å². The first-order valence-corrected chi connectivity index (χ1v) is 11.3. The topological polar surface area (TPSA) is 84.3 Å². The highest BCUT2D eigenvalue weighted by Gasteiger charge is 2.27. The van der Waals surface area contributed by atoms with E-state index in [-0.39, 0.29) is 10.8 Å². The lowest BCUT2D eigenvalue weighted by Gasteiger charge is -2.15. The summed E-state index contributed by atoms with van der Waals surface area (Å²) in [5.41, 5.74) is 3.71. The van der Waals surface area contributed by atoms with Gasteiger partial charge in [0.1, 0.15) is 0 Å². The molecule has 0 spiro atoms. The number of aryl methyl sites for hydroxylation is 1. The smallest absolute Gasteiger partial charge is 0.259 e. The first-order valence-electron chi connectivity index (χ1n) is 9.90. The number of carbonyl (C=O) groups is 1. The van der Waals surface area contributed by atoms with Crippen LogP contribution < -0.4 is 5.32 Å². The van der Waals surface area contributed by atoms with Gasteiger partial charge in [-0.25, -0.2) is 13.1 Å². The average Bonchev–Trinajstić information content (AvgIpc) is 3.39. The Morgan fingerprint density at radius 1 is 1.00 bits per heavy atom. The predicted molar refractivity (Wildman–Crippen MR) is 115 cm³/mol. The molecule has 1 fully saturated rings.